The Morgan fingerprint density at radius 2 is 0.958 bits per heavy atom. The van der Waals surface area contributed by atoms with Gasteiger partial charge in [0.15, 0.2) is 0 Å². The van der Waals surface area contributed by atoms with Gasteiger partial charge in [-0.05, 0) is 48.5 Å². The smallest absolute Gasteiger partial charge is 0.119 e. The average Bonchev–Trinajstić information content (AvgIpc) is 2.62. The third kappa shape index (κ3) is 4.32. The number of hydrogen-bond donors (Lipinski definition) is 0. The number of nitrogens with zero attached hydrogens (tertiary/aromatic N) is 2. The van der Waals surface area contributed by atoms with Crippen molar-refractivity contribution < 1.29 is 9.47 Å². The molecule has 0 aliphatic carbocycles. The molecule has 4 nitrogen and oxygen atoms in total. The van der Waals surface area contributed by atoms with Crippen LogP contribution in [0.2, 0.25) is 0 Å². The first-order valence-electron chi connectivity index (χ1n) is 7.99. The molecule has 6 heteroatoms. The lowest BCUT2D eigenvalue weighted by molar-refractivity contribution is 0.414. The van der Waals surface area contributed by atoms with Crippen molar-refractivity contribution in [2.75, 3.05) is 49.2 Å². The highest BCUT2D eigenvalue weighted by Crippen LogP contribution is 2.33. The fraction of sp³-hybridized carbons (Fsp3) is 0.333. The topological polar surface area (TPSA) is 24.9 Å². The number of methoxy groups -OCH3 is 2. The molecular formula is C18H24N2O2P2. The maximum atomic E-state index is 5.25. The van der Waals surface area contributed by atoms with Gasteiger partial charge in [0.25, 0.3) is 0 Å². The van der Waals surface area contributed by atoms with Gasteiger partial charge in [-0.15, -0.1) is 0 Å². The van der Waals surface area contributed by atoms with Gasteiger partial charge < -0.3 is 19.3 Å². The summed E-state index contributed by atoms with van der Waals surface area (Å²) in [6.07, 6.45) is 4.47. The molecule has 0 radical (unpaired) electrons. The van der Waals surface area contributed by atoms with E-state index in [1.54, 1.807) is 14.2 Å². The zero-order valence-corrected chi connectivity index (χ0v) is 16.2. The Kier molecular flexibility index (Phi) is 6.18. The molecule has 0 unspecified atom stereocenters. The minimum absolute atomic E-state index is 0.891. The van der Waals surface area contributed by atoms with Crippen LogP contribution in [-0.2, 0) is 0 Å². The minimum atomic E-state index is 0.891. The highest BCUT2D eigenvalue weighted by molar-refractivity contribution is 7.40. The van der Waals surface area contributed by atoms with Crippen molar-refractivity contribution in [2.45, 2.75) is 0 Å². The van der Waals surface area contributed by atoms with Gasteiger partial charge in [0.05, 0.1) is 14.2 Å². The molecule has 0 spiro atoms. The molecule has 1 saturated heterocycles. The SMILES string of the molecule is COc1ccc(N2CPCN(c3ccc(OC)cc3)CPC2)cc1. The maximum Gasteiger partial charge on any atom is 0.119 e. The van der Waals surface area contributed by atoms with Crippen LogP contribution in [0.15, 0.2) is 48.5 Å². The second-order valence-corrected chi connectivity index (χ2v) is 7.87. The zero-order valence-electron chi connectivity index (χ0n) is 14.2. The molecule has 0 bridgehead atoms. The van der Waals surface area contributed by atoms with Gasteiger partial charge in [-0.3, -0.25) is 0 Å². The first-order chi connectivity index (χ1) is 11.8. The van der Waals surface area contributed by atoms with E-state index < -0.39 is 0 Å². The summed E-state index contributed by atoms with van der Waals surface area (Å²) in [7, 11) is 5.20. The minimum Gasteiger partial charge on any atom is -0.497 e. The van der Waals surface area contributed by atoms with E-state index in [1.807, 2.05) is 24.3 Å². The van der Waals surface area contributed by atoms with Crippen LogP contribution in [0.4, 0.5) is 11.4 Å². The molecule has 0 atom stereocenters. The monoisotopic (exact) mass is 362 g/mol. The lowest BCUT2D eigenvalue weighted by Gasteiger charge is -2.33. The van der Waals surface area contributed by atoms with Gasteiger partial charge in [-0.1, -0.05) is 17.2 Å². The van der Waals surface area contributed by atoms with E-state index in [9.17, 15) is 0 Å². The van der Waals surface area contributed by atoms with Crippen molar-refractivity contribution >= 4 is 28.5 Å². The van der Waals surface area contributed by atoms with Crippen LogP contribution in [0.1, 0.15) is 0 Å². The molecule has 2 aromatic rings. The first kappa shape index (κ1) is 17.3. The number of anilines is 2. The second-order valence-electron chi connectivity index (χ2n) is 5.61. The van der Waals surface area contributed by atoms with E-state index in [0.29, 0.717) is 0 Å². The van der Waals surface area contributed by atoms with Crippen molar-refractivity contribution in [3.05, 3.63) is 48.5 Å². The van der Waals surface area contributed by atoms with Gasteiger partial charge in [0.2, 0.25) is 0 Å². The van der Waals surface area contributed by atoms with E-state index in [4.69, 9.17) is 9.47 Å². The molecular weight excluding hydrogens is 338 g/mol. The van der Waals surface area contributed by atoms with Crippen LogP contribution in [0, 0.1) is 0 Å². The van der Waals surface area contributed by atoms with Crippen molar-refractivity contribution in [3.8, 4) is 11.5 Å². The predicted molar refractivity (Wildman–Crippen MR) is 107 cm³/mol. The highest BCUT2D eigenvalue weighted by atomic mass is 31.1. The molecule has 0 saturated carbocycles. The van der Waals surface area contributed by atoms with Gasteiger partial charge in [-0.2, -0.15) is 0 Å². The number of hydrogen-bond acceptors (Lipinski definition) is 4. The Labute approximate surface area is 147 Å². The molecule has 3 rings (SSSR count). The van der Waals surface area contributed by atoms with Crippen LogP contribution in [-0.4, -0.2) is 39.4 Å². The molecule has 128 valence electrons. The van der Waals surface area contributed by atoms with E-state index >= 15 is 0 Å². The molecule has 1 fully saturated rings. The molecule has 24 heavy (non-hydrogen) atoms. The molecule has 0 amide bonds. The normalized spacial score (nSPS) is 17.6. The average molecular weight is 362 g/mol. The predicted octanol–water partition coefficient (Wildman–Crippen LogP) is 4.22. The van der Waals surface area contributed by atoms with Gasteiger partial charge in [0.1, 0.15) is 11.5 Å². The lowest BCUT2D eigenvalue weighted by atomic mass is 10.3. The van der Waals surface area contributed by atoms with Crippen LogP contribution in [0.3, 0.4) is 0 Å². The van der Waals surface area contributed by atoms with Crippen molar-refractivity contribution in [1.29, 1.82) is 0 Å². The molecule has 1 heterocycles. The summed E-state index contributed by atoms with van der Waals surface area (Å²) in [4.78, 5) is 5.00. The summed E-state index contributed by atoms with van der Waals surface area (Å²) >= 11 is 0. The first-order valence-corrected chi connectivity index (χ1v) is 10.8. The Balaban J connectivity index is 1.60. The number of rotatable bonds is 4. The molecule has 2 aromatic carbocycles. The Morgan fingerprint density at radius 3 is 1.25 bits per heavy atom. The van der Waals surface area contributed by atoms with Gasteiger partial charge in [0, 0.05) is 36.5 Å². The maximum absolute atomic E-state index is 5.25. The fourth-order valence-corrected chi connectivity index (χ4v) is 5.61. The van der Waals surface area contributed by atoms with E-state index in [0.717, 1.165) is 53.8 Å². The lowest BCUT2D eigenvalue weighted by Crippen LogP contribution is -2.29. The van der Waals surface area contributed by atoms with E-state index in [-0.39, 0.29) is 0 Å². The van der Waals surface area contributed by atoms with Crippen molar-refractivity contribution in [2.24, 2.45) is 0 Å². The quantitative estimate of drug-likeness (QED) is 0.761. The zero-order chi connectivity index (χ0) is 16.8. The molecule has 0 aromatic heterocycles. The Hall–Kier alpha value is -1.50. The second kappa shape index (κ2) is 8.55. The standard InChI is InChI=1S/C18H24N2O2P2/c1-21-17-7-3-15(4-8-17)19-11-23-13-20(14-24-12-19)16-5-9-18(22-2)10-6-16/h3-10,23-24H,11-14H2,1-2H3. The van der Waals surface area contributed by atoms with Crippen molar-refractivity contribution in [1.82, 2.24) is 0 Å². The summed E-state index contributed by atoms with van der Waals surface area (Å²) in [5, 5.41) is 0. The summed E-state index contributed by atoms with van der Waals surface area (Å²) in [5.41, 5.74) is 2.60. The third-order valence-corrected chi connectivity index (χ3v) is 6.51. The Bertz CT molecular complexity index is 569. The Morgan fingerprint density at radius 1 is 0.625 bits per heavy atom. The summed E-state index contributed by atoms with van der Waals surface area (Å²) in [6.45, 7) is 0. The van der Waals surface area contributed by atoms with Crippen LogP contribution < -0.4 is 19.3 Å². The van der Waals surface area contributed by atoms with Crippen LogP contribution >= 0.6 is 17.2 Å². The molecule has 1 aliphatic heterocycles. The number of ether oxygens (including phenoxy) is 2. The summed E-state index contributed by atoms with van der Waals surface area (Å²) < 4.78 is 10.5. The van der Waals surface area contributed by atoms with Crippen molar-refractivity contribution in [3.63, 3.8) is 0 Å². The third-order valence-electron chi connectivity index (χ3n) is 4.09. The molecule has 1 aliphatic rings. The summed E-state index contributed by atoms with van der Waals surface area (Å²) in [6, 6.07) is 16.8. The van der Waals surface area contributed by atoms with E-state index in [2.05, 4.69) is 34.1 Å². The fourth-order valence-electron chi connectivity index (χ4n) is 2.70. The highest BCUT2D eigenvalue weighted by Gasteiger charge is 2.14. The molecule has 0 N–H and O–H groups in total. The number of benzene rings is 2. The van der Waals surface area contributed by atoms with Crippen LogP contribution in [0.5, 0.6) is 11.5 Å². The summed E-state index contributed by atoms with van der Waals surface area (Å²) in [5.74, 6) is 1.84. The van der Waals surface area contributed by atoms with E-state index in [1.165, 1.54) is 11.4 Å². The van der Waals surface area contributed by atoms with Gasteiger partial charge >= 0.3 is 0 Å². The van der Waals surface area contributed by atoms with Gasteiger partial charge in [-0.25, -0.2) is 0 Å². The van der Waals surface area contributed by atoms with Crippen LogP contribution in [0.25, 0.3) is 0 Å². The largest absolute Gasteiger partial charge is 0.497 e.